The second-order valence-electron chi connectivity index (χ2n) is 3.94. The Balaban J connectivity index is 2.60. The molecule has 0 fully saturated rings. The van der Waals surface area contributed by atoms with Crippen LogP contribution >= 0.6 is 0 Å². The molecule has 0 heterocycles. The average Bonchev–Trinajstić information content (AvgIpc) is 2.22. The minimum Gasteiger partial charge on any atom is -0.504 e. The third-order valence-corrected chi connectivity index (χ3v) is 2.36. The first-order valence-electron chi connectivity index (χ1n) is 5.52. The molecule has 1 rings (SSSR count). The molecule has 0 saturated carbocycles. The summed E-state index contributed by atoms with van der Waals surface area (Å²) in [7, 11) is 1.69. The minimum atomic E-state index is 0.972. The van der Waals surface area contributed by atoms with E-state index in [4.69, 9.17) is 4.74 Å². The summed E-state index contributed by atoms with van der Waals surface area (Å²) < 4.78 is 4.98. The van der Waals surface area contributed by atoms with Crippen LogP contribution in [0.3, 0.4) is 0 Å². The lowest BCUT2D eigenvalue weighted by atomic mass is 10.0. The van der Waals surface area contributed by atoms with E-state index in [2.05, 4.69) is 38.1 Å². The van der Waals surface area contributed by atoms with Crippen molar-refractivity contribution < 1.29 is 4.74 Å². The van der Waals surface area contributed by atoms with Crippen LogP contribution in [-0.2, 0) is 17.6 Å². The maximum absolute atomic E-state index is 4.98. The summed E-state index contributed by atoms with van der Waals surface area (Å²) in [5.41, 5.74) is 4.02. The first-order chi connectivity index (χ1) is 7.26. The van der Waals surface area contributed by atoms with Crippen molar-refractivity contribution in [1.82, 2.24) is 0 Å². The van der Waals surface area contributed by atoms with Crippen LogP contribution in [0.4, 0.5) is 0 Å². The topological polar surface area (TPSA) is 9.23 Å². The van der Waals surface area contributed by atoms with E-state index in [0.29, 0.717) is 0 Å². The highest BCUT2D eigenvalue weighted by Gasteiger charge is 1.96. The first kappa shape index (κ1) is 11.8. The van der Waals surface area contributed by atoms with Gasteiger partial charge in [-0.1, -0.05) is 37.6 Å². The van der Waals surface area contributed by atoms with Gasteiger partial charge in [0.1, 0.15) is 0 Å². The molecule has 0 aliphatic carbocycles. The van der Waals surface area contributed by atoms with Gasteiger partial charge in [-0.25, -0.2) is 0 Å². The normalized spacial score (nSPS) is 11.5. The van der Waals surface area contributed by atoms with Crippen molar-refractivity contribution >= 4 is 0 Å². The Labute approximate surface area is 92.8 Å². The van der Waals surface area contributed by atoms with Crippen LogP contribution in [0.25, 0.3) is 0 Å². The average molecular weight is 204 g/mol. The third kappa shape index (κ3) is 4.20. The van der Waals surface area contributed by atoms with Crippen LogP contribution in [0.1, 0.15) is 31.4 Å². The van der Waals surface area contributed by atoms with E-state index < -0.39 is 0 Å². The molecule has 0 saturated heterocycles. The molecule has 82 valence electrons. The maximum atomic E-state index is 4.98. The molecule has 1 heteroatoms. The van der Waals surface area contributed by atoms with Crippen LogP contribution < -0.4 is 0 Å². The molecule has 0 bridgehead atoms. The molecule has 0 atom stereocenters. The maximum Gasteiger partial charge on any atom is 0.0817 e. The Morgan fingerprint density at radius 2 is 1.80 bits per heavy atom. The van der Waals surface area contributed by atoms with Gasteiger partial charge >= 0.3 is 0 Å². The molecule has 0 radical (unpaired) electrons. The van der Waals surface area contributed by atoms with Crippen molar-refractivity contribution in [2.24, 2.45) is 0 Å². The lowest BCUT2D eigenvalue weighted by Gasteiger charge is -2.03. The zero-order valence-electron chi connectivity index (χ0n) is 9.92. The number of rotatable bonds is 5. The molecule has 0 amide bonds. The SMILES string of the molecule is CCCc1ccc(CC(C)=COC)cc1. The van der Waals surface area contributed by atoms with Gasteiger partial charge in [0.2, 0.25) is 0 Å². The highest BCUT2D eigenvalue weighted by Crippen LogP contribution is 2.10. The molecule has 0 spiro atoms. The fraction of sp³-hybridized carbons (Fsp3) is 0.429. The standard InChI is InChI=1S/C14H20O/c1-4-5-13-6-8-14(9-7-13)10-12(2)11-15-3/h6-9,11H,4-5,10H2,1-3H3. The molecule has 0 aliphatic heterocycles. The van der Waals surface area contributed by atoms with Gasteiger partial charge in [-0.05, 0) is 36.5 Å². The Bertz CT molecular complexity index is 309. The van der Waals surface area contributed by atoms with E-state index >= 15 is 0 Å². The monoisotopic (exact) mass is 204 g/mol. The van der Waals surface area contributed by atoms with E-state index in [1.807, 2.05) is 0 Å². The number of allylic oxidation sites excluding steroid dienone is 1. The smallest absolute Gasteiger partial charge is 0.0817 e. The third-order valence-electron chi connectivity index (χ3n) is 2.36. The predicted molar refractivity (Wildman–Crippen MR) is 64.9 cm³/mol. The van der Waals surface area contributed by atoms with E-state index in [0.717, 1.165) is 6.42 Å². The van der Waals surface area contributed by atoms with E-state index in [1.165, 1.54) is 29.5 Å². The van der Waals surface area contributed by atoms with Crippen molar-refractivity contribution in [1.29, 1.82) is 0 Å². The van der Waals surface area contributed by atoms with Gasteiger partial charge < -0.3 is 4.74 Å². The number of aryl methyl sites for hydroxylation is 1. The van der Waals surface area contributed by atoms with E-state index in [1.54, 1.807) is 13.4 Å². The molecular formula is C14H20O. The zero-order chi connectivity index (χ0) is 11.1. The second kappa shape index (κ2) is 6.28. The largest absolute Gasteiger partial charge is 0.504 e. The number of ether oxygens (including phenoxy) is 1. The number of methoxy groups -OCH3 is 1. The molecule has 0 aliphatic rings. The van der Waals surface area contributed by atoms with Crippen LogP contribution in [0.15, 0.2) is 36.1 Å². The highest BCUT2D eigenvalue weighted by atomic mass is 16.5. The fourth-order valence-electron chi connectivity index (χ4n) is 1.68. The van der Waals surface area contributed by atoms with Gasteiger partial charge in [-0.3, -0.25) is 0 Å². The quantitative estimate of drug-likeness (QED) is 0.664. The summed E-state index contributed by atoms with van der Waals surface area (Å²) in [5.74, 6) is 0. The van der Waals surface area contributed by atoms with Crippen LogP contribution in [-0.4, -0.2) is 7.11 Å². The van der Waals surface area contributed by atoms with E-state index in [9.17, 15) is 0 Å². The summed E-state index contributed by atoms with van der Waals surface area (Å²) >= 11 is 0. The van der Waals surface area contributed by atoms with Gasteiger partial charge in [0.15, 0.2) is 0 Å². The fourth-order valence-corrected chi connectivity index (χ4v) is 1.68. The highest BCUT2D eigenvalue weighted by molar-refractivity contribution is 5.25. The summed E-state index contributed by atoms with van der Waals surface area (Å²) in [6.45, 7) is 4.29. The number of hydrogen-bond acceptors (Lipinski definition) is 1. The van der Waals surface area contributed by atoms with Crippen molar-refractivity contribution in [3.63, 3.8) is 0 Å². The van der Waals surface area contributed by atoms with E-state index in [-0.39, 0.29) is 0 Å². The first-order valence-corrected chi connectivity index (χ1v) is 5.52. The molecule has 1 nitrogen and oxygen atoms in total. The second-order valence-corrected chi connectivity index (χ2v) is 3.94. The number of hydrogen-bond donors (Lipinski definition) is 0. The number of benzene rings is 1. The predicted octanol–water partition coefficient (Wildman–Crippen LogP) is 3.73. The molecule has 1 aromatic rings. The summed E-state index contributed by atoms with van der Waals surface area (Å²) in [6, 6.07) is 8.85. The van der Waals surface area contributed by atoms with Gasteiger partial charge in [0.05, 0.1) is 13.4 Å². The van der Waals surface area contributed by atoms with Gasteiger partial charge in [0, 0.05) is 0 Å². The molecule has 0 aromatic heterocycles. The summed E-state index contributed by atoms with van der Waals surface area (Å²) in [6.07, 6.45) is 5.16. The van der Waals surface area contributed by atoms with Crippen LogP contribution in [0.5, 0.6) is 0 Å². The molecule has 0 N–H and O–H groups in total. The van der Waals surface area contributed by atoms with Crippen molar-refractivity contribution in [2.45, 2.75) is 33.1 Å². The van der Waals surface area contributed by atoms with Crippen molar-refractivity contribution in [3.05, 3.63) is 47.2 Å². The molecule has 0 unspecified atom stereocenters. The van der Waals surface area contributed by atoms with Gasteiger partial charge in [0.25, 0.3) is 0 Å². The van der Waals surface area contributed by atoms with Crippen molar-refractivity contribution in [2.75, 3.05) is 7.11 Å². The lowest BCUT2D eigenvalue weighted by molar-refractivity contribution is 0.333. The summed E-state index contributed by atoms with van der Waals surface area (Å²) in [4.78, 5) is 0. The Morgan fingerprint density at radius 3 is 2.33 bits per heavy atom. The summed E-state index contributed by atoms with van der Waals surface area (Å²) in [5, 5.41) is 0. The Morgan fingerprint density at radius 1 is 1.20 bits per heavy atom. The van der Waals surface area contributed by atoms with Crippen LogP contribution in [0, 0.1) is 0 Å². The van der Waals surface area contributed by atoms with Gasteiger partial charge in [-0.2, -0.15) is 0 Å². The molecule has 1 aromatic carbocycles. The van der Waals surface area contributed by atoms with Crippen molar-refractivity contribution in [3.8, 4) is 0 Å². The lowest BCUT2D eigenvalue weighted by Crippen LogP contribution is -1.89. The molecule has 15 heavy (non-hydrogen) atoms. The Hall–Kier alpha value is -1.24. The Kier molecular flexibility index (Phi) is 4.96. The zero-order valence-corrected chi connectivity index (χ0v) is 9.92. The van der Waals surface area contributed by atoms with Crippen LogP contribution in [0.2, 0.25) is 0 Å². The molecular weight excluding hydrogens is 184 g/mol. The van der Waals surface area contributed by atoms with Gasteiger partial charge in [-0.15, -0.1) is 0 Å². The minimum absolute atomic E-state index is 0.972.